The van der Waals surface area contributed by atoms with Gasteiger partial charge >= 0.3 is 0 Å². The minimum Gasteiger partial charge on any atom is -0.486 e. The first-order chi connectivity index (χ1) is 15.0. The Bertz CT molecular complexity index is 952. The third kappa shape index (κ3) is 3.91. The van der Waals surface area contributed by atoms with Crippen LogP contribution in [0.15, 0.2) is 28.7 Å². The van der Waals surface area contributed by atoms with Crippen molar-refractivity contribution in [2.45, 2.75) is 51.7 Å². The molecule has 31 heavy (non-hydrogen) atoms. The molecule has 166 valence electrons. The Balaban J connectivity index is 1.28. The van der Waals surface area contributed by atoms with E-state index in [0.29, 0.717) is 48.7 Å². The summed E-state index contributed by atoms with van der Waals surface area (Å²) in [4.78, 5) is 21.5. The van der Waals surface area contributed by atoms with Crippen LogP contribution >= 0.6 is 0 Å². The molecule has 1 amide bonds. The van der Waals surface area contributed by atoms with Crippen LogP contribution in [0.25, 0.3) is 0 Å². The minimum atomic E-state index is -0.529. The Morgan fingerprint density at radius 3 is 2.55 bits per heavy atom. The molecule has 1 aromatic heterocycles. The van der Waals surface area contributed by atoms with E-state index in [1.807, 2.05) is 23.1 Å². The van der Waals surface area contributed by atoms with E-state index in [1.165, 1.54) is 12.8 Å². The molecular weight excluding hydrogens is 394 g/mol. The summed E-state index contributed by atoms with van der Waals surface area (Å²) < 4.78 is 11.8. The van der Waals surface area contributed by atoms with Crippen molar-refractivity contribution in [1.82, 2.24) is 9.88 Å². The number of carbonyl (C=O) groups excluding carboxylic acids is 1. The van der Waals surface area contributed by atoms with Crippen LogP contribution in [0, 0.1) is 25.7 Å². The number of aryl methyl sites for hydroxylation is 2. The summed E-state index contributed by atoms with van der Waals surface area (Å²) in [5.41, 5.74) is 1.53. The molecule has 1 N–H and O–H groups in total. The van der Waals surface area contributed by atoms with Crippen molar-refractivity contribution in [3.8, 4) is 5.75 Å². The lowest BCUT2D eigenvalue weighted by Gasteiger charge is -2.36. The standard InChI is InChI=1S/C24H31N3O4/c1-15-23(25-16(2)30-15)24(29)27-13-17-11-20(28)22(12-18(17)14-27)31-21-8-4-3-7-19(21)26-9-5-6-10-26/h3-4,7-8,17-18,20,22,28H,5-6,9-14H2,1-2H3/t17-,18+,20+,22+/m0/s1. The summed E-state index contributed by atoms with van der Waals surface area (Å²) in [6, 6.07) is 8.15. The van der Waals surface area contributed by atoms with Crippen molar-refractivity contribution >= 4 is 11.6 Å². The normalized spacial score (nSPS) is 28.1. The van der Waals surface area contributed by atoms with Crippen LogP contribution < -0.4 is 9.64 Å². The van der Waals surface area contributed by atoms with Gasteiger partial charge < -0.3 is 24.1 Å². The number of fused-ring (bicyclic) bond motifs is 1. The fourth-order valence-electron chi connectivity index (χ4n) is 5.50. The van der Waals surface area contributed by atoms with Gasteiger partial charge in [-0.1, -0.05) is 12.1 Å². The van der Waals surface area contributed by atoms with Gasteiger partial charge in [-0.15, -0.1) is 0 Å². The molecule has 0 bridgehead atoms. The van der Waals surface area contributed by atoms with Crippen molar-refractivity contribution in [3.63, 3.8) is 0 Å². The zero-order valence-corrected chi connectivity index (χ0v) is 18.3. The second-order valence-corrected chi connectivity index (χ2v) is 9.22. The molecule has 0 unspecified atom stereocenters. The lowest BCUT2D eigenvalue weighted by Crippen LogP contribution is -2.42. The van der Waals surface area contributed by atoms with Crippen LogP contribution in [0.1, 0.15) is 47.8 Å². The van der Waals surface area contributed by atoms with Gasteiger partial charge in [-0.25, -0.2) is 4.98 Å². The highest BCUT2D eigenvalue weighted by Gasteiger charge is 2.44. The van der Waals surface area contributed by atoms with E-state index >= 15 is 0 Å². The van der Waals surface area contributed by atoms with Gasteiger partial charge in [0, 0.05) is 33.1 Å². The topological polar surface area (TPSA) is 79.0 Å². The summed E-state index contributed by atoms with van der Waals surface area (Å²) in [7, 11) is 0. The molecule has 3 heterocycles. The highest BCUT2D eigenvalue weighted by Crippen LogP contribution is 2.40. The van der Waals surface area contributed by atoms with Crippen molar-refractivity contribution in [2.24, 2.45) is 11.8 Å². The lowest BCUT2D eigenvalue weighted by atomic mass is 9.78. The molecule has 2 saturated heterocycles. The second kappa shape index (κ2) is 8.19. The molecule has 3 aliphatic rings. The van der Waals surface area contributed by atoms with Gasteiger partial charge in [-0.05, 0) is 56.6 Å². The number of hydrogen-bond donors (Lipinski definition) is 1. The number of aliphatic hydroxyl groups is 1. The van der Waals surface area contributed by atoms with Crippen LogP contribution in [-0.2, 0) is 0 Å². The lowest BCUT2D eigenvalue weighted by molar-refractivity contribution is -0.0229. The number of amides is 1. The first-order valence-corrected chi connectivity index (χ1v) is 11.4. The SMILES string of the molecule is Cc1nc(C(=O)N2C[C@H]3C[C@@H](Oc4ccccc4N4CCCC4)[C@H](O)C[C@H]3C2)c(C)o1. The van der Waals surface area contributed by atoms with Crippen LogP contribution in [0.5, 0.6) is 5.75 Å². The van der Waals surface area contributed by atoms with Crippen LogP contribution in [0.3, 0.4) is 0 Å². The predicted octanol–water partition coefficient (Wildman–Crippen LogP) is 3.18. The Morgan fingerprint density at radius 2 is 1.84 bits per heavy atom. The minimum absolute atomic E-state index is 0.0740. The molecule has 5 rings (SSSR count). The average Bonchev–Trinajstić information content (AvgIpc) is 3.48. The first kappa shape index (κ1) is 20.4. The molecule has 0 radical (unpaired) electrons. The number of likely N-dealkylation sites (tertiary alicyclic amines) is 1. The second-order valence-electron chi connectivity index (χ2n) is 9.22. The summed E-state index contributed by atoms with van der Waals surface area (Å²) in [5, 5.41) is 10.9. The van der Waals surface area contributed by atoms with E-state index in [1.54, 1.807) is 13.8 Å². The quantitative estimate of drug-likeness (QED) is 0.811. The van der Waals surface area contributed by atoms with Crippen molar-refractivity contribution in [2.75, 3.05) is 31.1 Å². The molecule has 3 fully saturated rings. The maximum absolute atomic E-state index is 13.0. The smallest absolute Gasteiger partial charge is 0.276 e. The summed E-state index contributed by atoms with van der Waals surface area (Å²) in [6.45, 7) is 6.97. The van der Waals surface area contributed by atoms with Gasteiger partial charge in [-0.2, -0.15) is 0 Å². The number of para-hydroxylation sites is 2. The van der Waals surface area contributed by atoms with E-state index in [2.05, 4.69) is 16.0 Å². The van der Waals surface area contributed by atoms with E-state index in [0.717, 1.165) is 30.9 Å². The number of aromatic nitrogens is 1. The van der Waals surface area contributed by atoms with Crippen LogP contribution in [0.2, 0.25) is 0 Å². The maximum atomic E-state index is 13.0. The monoisotopic (exact) mass is 425 g/mol. The van der Waals surface area contributed by atoms with E-state index < -0.39 is 6.10 Å². The molecule has 7 heteroatoms. The first-order valence-electron chi connectivity index (χ1n) is 11.4. The summed E-state index contributed by atoms with van der Waals surface area (Å²) >= 11 is 0. The summed E-state index contributed by atoms with van der Waals surface area (Å²) in [5.74, 6) is 2.47. The average molecular weight is 426 g/mol. The van der Waals surface area contributed by atoms with E-state index in [9.17, 15) is 9.90 Å². The Morgan fingerprint density at radius 1 is 1.13 bits per heavy atom. The third-order valence-electron chi connectivity index (χ3n) is 7.07. The van der Waals surface area contributed by atoms with Crippen LogP contribution in [-0.4, -0.2) is 59.3 Å². The molecule has 1 aromatic carbocycles. The number of oxazole rings is 1. The van der Waals surface area contributed by atoms with Crippen molar-refractivity contribution < 1.29 is 19.1 Å². The zero-order valence-electron chi connectivity index (χ0n) is 18.3. The summed E-state index contributed by atoms with van der Waals surface area (Å²) in [6.07, 6.45) is 3.04. The number of anilines is 1. The Labute approximate surface area is 183 Å². The molecule has 2 aliphatic heterocycles. The highest BCUT2D eigenvalue weighted by molar-refractivity contribution is 5.93. The Kier molecular flexibility index (Phi) is 5.38. The fourth-order valence-corrected chi connectivity index (χ4v) is 5.50. The molecule has 2 aromatic rings. The van der Waals surface area contributed by atoms with Gasteiger partial charge in [0.1, 0.15) is 17.6 Å². The van der Waals surface area contributed by atoms with Gasteiger partial charge in [-0.3, -0.25) is 4.79 Å². The van der Waals surface area contributed by atoms with Crippen molar-refractivity contribution in [3.05, 3.63) is 41.6 Å². The predicted molar refractivity (Wildman–Crippen MR) is 116 cm³/mol. The number of aliphatic hydroxyl groups excluding tert-OH is 1. The number of carbonyl (C=O) groups is 1. The van der Waals surface area contributed by atoms with E-state index in [-0.39, 0.29) is 12.0 Å². The van der Waals surface area contributed by atoms with Crippen LogP contribution in [0.4, 0.5) is 5.69 Å². The largest absolute Gasteiger partial charge is 0.486 e. The number of rotatable bonds is 4. The zero-order chi connectivity index (χ0) is 21.5. The molecule has 1 saturated carbocycles. The third-order valence-corrected chi connectivity index (χ3v) is 7.07. The molecule has 4 atom stereocenters. The highest BCUT2D eigenvalue weighted by atomic mass is 16.5. The number of benzene rings is 1. The molecular formula is C24H31N3O4. The van der Waals surface area contributed by atoms with Gasteiger partial charge in [0.05, 0.1) is 11.8 Å². The Hall–Kier alpha value is -2.54. The number of nitrogens with zero attached hydrogens (tertiary/aromatic N) is 3. The van der Waals surface area contributed by atoms with Gasteiger partial charge in [0.25, 0.3) is 5.91 Å². The number of ether oxygens (including phenoxy) is 1. The maximum Gasteiger partial charge on any atom is 0.276 e. The van der Waals surface area contributed by atoms with E-state index in [4.69, 9.17) is 9.15 Å². The van der Waals surface area contributed by atoms with Crippen molar-refractivity contribution in [1.29, 1.82) is 0 Å². The molecule has 0 spiro atoms. The molecule has 7 nitrogen and oxygen atoms in total. The van der Waals surface area contributed by atoms with Gasteiger partial charge in [0.2, 0.25) is 0 Å². The van der Waals surface area contributed by atoms with Gasteiger partial charge in [0.15, 0.2) is 11.6 Å². The number of hydrogen-bond acceptors (Lipinski definition) is 6. The molecule has 1 aliphatic carbocycles. The fraction of sp³-hybridized carbons (Fsp3) is 0.583.